The number of hydrogen-bond acceptors (Lipinski definition) is 3. The average Bonchev–Trinajstić information content (AvgIpc) is 2.23. The molecule has 0 bridgehead atoms. The zero-order valence-electron chi connectivity index (χ0n) is 11.7. The molecule has 0 unspecified atom stereocenters. The Morgan fingerprint density at radius 1 is 1.42 bits per heavy atom. The van der Waals surface area contributed by atoms with Gasteiger partial charge in [0.15, 0.2) is 0 Å². The van der Waals surface area contributed by atoms with Crippen molar-refractivity contribution in [2.45, 2.75) is 52.1 Å². The van der Waals surface area contributed by atoms with Gasteiger partial charge in [-0.15, -0.1) is 0 Å². The minimum atomic E-state index is -0.433. The Morgan fingerprint density at radius 2 is 2.11 bits per heavy atom. The molecule has 1 aliphatic carbocycles. The Morgan fingerprint density at radius 3 is 2.53 bits per heavy atom. The van der Waals surface area contributed by atoms with Crippen LogP contribution < -0.4 is 0 Å². The second kappa shape index (κ2) is 5.12. The molecular formula is C15H20ClNO2. The van der Waals surface area contributed by atoms with Crippen LogP contribution in [0.15, 0.2) is 18.3 Å². The molecule has 2 rings (SSSR count). The monoisotopic (exact) mass is 281 g/mol. The van der Waals surface area contributed by atoms with Crippen LogP contribution >= 0.6 is 11.6 Å². The minimum absolute atomic E-state index is 0.0822. The number of esters is 1. The summed E-state index contributed by atoms with van der Waals surface area (Å²) in [5, 5.41) is 0.476. The summed E-state index contributed by atoms with van der Waals surface area (Å²) in [6, 6.07) is 3.69. The van der Waals surface area contributed by atoms with Gasteiger partial charge in [-0.2, -0.15) is 0 Å². The zero-order chi connectivity index (χ0) is 14.1. The van der Waals surface area contributed by atoms with E-state index in [1.54, 1.807) is 12.3 Å². The second-order valence-electron chi connectivity index (χ2n) is 6.30. The van der Waals surface area contributed by atoms with E-state index in [-0.39, 0.29) is 11.4 Å². The molecule has 0 radical (unpaired) electrons. The van der Waals surface area contributed by atoms with Crippen molar-refractivity contribution in [3.05, 3.63) is 29.0 Å². The first-order chi connectivity index (χ1) is 8.81. The molecule has 4 heteroatoms. The fraction of sp³-hybridized carbons (Fsp3) is 0.600. The number of carbonyl (C=O) groups excluding carboxylic acids is 1. The minimum Gasteiger partial charge on any atom is -0.460 e. The van der Waals surface area contributed by atoms with Gasteiger partial charge in [0.05, 0.1) is 5.41 Å². The van der Waals surface area contributed by atoms with Gasteiger partial charge in [0, 0.05) is 6.20 Å². The number of nitrogens with zero attached hydrogens (tertiary/aromatic N) is 1. The molecule has 1 heterocycles. The highest BCUT2D eigenvalue weighted by Crippen LogP contribution is 2.45. The van der Waals surface area contributed by atoms with Crippen molar-refractivity contribution in [1.29, 1.82) is 0 Å². The molecule has 0 aromatic carbocycles. The fourth-order valence-electron chi connectivity index (χ4n) is 2.34. The van der Waals surface area contributed by atoms with Crippen molar-refractivity contribution < 1.29 is 9.53 Å². The number of hydrogen-bond donors (Lipinski definition) is 0. The van der Waals surface area contributed by atoms with E-state index in [4.69, 9.17) is 16.3 Å². The topological polar surface area (TPSA) is 39.2 Å². The van der Waals surface area contributed by atoms with Crippen LogP contribution in [0.1, 0.15) is 45.6 Å². The molecule has 0 spiro atoms. The van der Waals surface area contributed by atoms with E-state index in [1.165, 1.54) is 0 Å². The number of aromatic nitrogens is 1. The van der Waals surface area contributed by atoms with Crippen molar-refractivity contribution in [2.75, 3.05) is 0 Å². The highest BCUT2D eigenvalue weighted by Gasteiger charge is 2.46. The third-order valence-corrected chi connectivity index (χ3v) is 3.70. The Balaban J connectivity index is 2.10. The average molecular weight is 282 g/mol. The van der Waals surface area contributed by atoms with Crippen LogP contribution in [0.2, 0.25) is 5.15 Å². The van der Waals surface area contributed by atoms with E-state index in [1.807, 2.05) is 26.8 Å². The molecule has 104 valence electrons. The van der Waals surface area contributed by atoms with Gasteiger partial charge < -0.3 is 4.74 Å². The maximum Gasteiger partial charge on any atom is 0.312 e. The fourth-order valence-corrected chi connectivity index (χ4v) is 2.46. The van der Waals surface area contributed by atoms with Crippen LogP contribution in [0.3, 0.4) is 0 Å². The van der Waals surface area contributed by atoms with Gasteiger partial charge in [0.25, 0.3) is 0 Å². The lowest BCUT2D eigenvalue weighted by molar-refractivity contribution is -0.173. The Hall–Kier alpha value is -1.09. The zero-order valence-corrected chi connectivity index (χ0v) is 12.5. The van der Waals surface area contributed by atoms with Crippen molar-refractivity contribution in [3.63, 3.8) is 0 Å². The molecule has 0 aliphatic heterocycles. The summed E-state index contributed by atoms with van der Waals surface area (Å²) in [6.07, 6.45) is 5.30. The molecule has 1 fully saturated rings. The first-order valence-electron chi connectivity index (χ1n) is 6.65. The largest absolute Gasteiger partial charge is 0.460 e. The van der Waals surface area contributed by atoms with Crippen LogP contribution in [0.5, 0.6) is 0 Å². The van der Waals surface area contributed by atoms with E-state index in [0.29, 0.717) is 11.6 Å². The van der Waals surface area contributed by atoms with Crippen molar-refractivity contribution in [2.24, 2.45) is 5.41 Å². The number of ether oxygens (including phenoxy) is 1. The standard InChI is InChI=1S/C15H20ClNO2/c1-14(2,3)19-13(18)15(7-4-8-15)9-11-5-6-12(16)17-10-11/h5-6,10H,4,7-9H2,1-3H3. The summed E-state index contributed by atoms with van der Waals surface area (Å²) in [5.74, 6) is -0.0822. The Kier molecular flexibility index (Phi) is 3.86. The smallest absolute Gasteiger partial charge is 0.312 e. The van der Waals surface area contributed by atoms with Gasteiger partial charge in [-0.1, -0.05) is 24.1 Å². The van der Waals surface area contributed by atoms with Gasteiger partial charge >= 0.3 is 5.97 Å². The third kappa shape index (κ3) is 3.47. The Bertz CT molecular complexity index is 458. The van der Waals surface area contributed by atoms with Crippen LogP contribution in [0.4, 0.5) is 0 Å². The molecule has 1 aliphatic rings. The number of halogens is 1. The summed E-state index contributed by atoms with van der Waals surface area (Å²) < 4.78 is 5.56. The SMILES string of the molecule is CC(C)(C)OC(=O)C1(Cc2ccc(Cl)nc2)CCC1. The Labute approximate surface area is 119 Å². The molecule has 1 saturated carbocycles. The maximum absolute atomic E-state index is 12.4. The summed E-state index contributed by atoms with van der Waals surface area (Å²) in [7, 11) is 0. The molecule has 0 atom stereocenters. The number of rotatable bonds is 3. The summed E-state index contributed by atoms with van der Waals surface area (Å²) in [6.45, 7) is 5.71. The molecule has 0 N–H and O–H groups in total. The van der Waals surface area contributed by atoms with Crippen LogP contribution in [0, 0.1) is 5.41 Å². The van der Waals surface area contributed by atoms with Gasteiger partial charge in [0.1, 0.15) is 10.8 Å². The highest BCUT2D eigenvalue weighted by molar-refractivity contribution is 6.29. The van der Waals surface area contributed by atoms with E-state index >= 15 is 0 Å². The molecule has 0 amide bonds. The highest BCUT2D eigenvalue weighted by atomic mass is 35.5. The first kappa shape index (κ1) is 14.3. The van der Waals surface area contributed by atoms with E-state index < -0.39 is 5.60 Å². The maximum atomic E-state index is 12.4. The van der Waals surface area contributed by atoms with E-state index in [2.05, 4.69) is 4.98 Å². The van der Waals surface area contributed by atoms with Crippen molar-refractivity contribution in [1.82, 2.24) is 4.98 Å². The molecule has 19 heavy (non-hydrogen) atoms. The molecule has 1 aromatic rings. The quantitative estimate of drug-likeness (QED) is 0.625. The van der Waals surface area contributed by atoms with Crippen LogP contribution in [-0.4, -0.2) is 16.6 Å². The predicted molar refractivity (Wildman–Crippen MR) is 75.1 cm³/mol. The van der Waals surface area contributed by atoms with Crippen LogP contribution in [-0.2, 0) is 16.0 Å². The molecule has 1 aromatic heterocycles. The van der Waals surface area contributed by atoms with E-state index in [0.717, 1.165) is 24.8 Å². The lowest BCUT2D eigenvalue weighted by Gasteiger charge is -2.41. The molecular weight excluding hydrogens is 262 g/mol. The summed E-state index contributed by atoms with van der Waals surface area (Å²) >= 11 is 5.78. The van der Waals surface area contributed by atoms with Gasteiger partial charge in [-0.25, -0.2) is 4.98 Å². The normalized spacial score (nSPS) is 17.7. The van der Waals surface area contributed by atoms with Gasteiger partial charge in [-0.05, 0) is 51.7 Å². The molecule has 0 saturated heterocycles. The lowest BCUT2D eigenvalue weighted by Crippen LogP contribution is -2.44. The second-order valence-corrected chi connectivity index (χ2v) is 6.69. The number of pyridine rings is 1. The molecule has 3 nitrogen and oxygen atoms in total. The number of carbonyl (C=O) groups is 1. The summed E-state index contributed by atoms with van der Waals surface area (Å²) in [4.78, 5) is 16.4. The predicted octanol–water partition coefficient (Wildman–Crippen LogP) is 3.79. The van der Waals surface area contributed by atoms with Crippen molar-refractivity contribution >= 4 is 17.6 Å². The van der Waals surface area contributed by atoms with E-state index in [9.17, 15) is 4.79 Å². The third-order valence-electron chi connectivity index (χ3n) is 3.47. The van der Waals surface area contributed by atoms with Gasteiger partial charge in [-0.3, -0.25) is 4.79 Å². The lowest BCUT2D eigenvalue weighted by atomic mass is 9.65. The van der Waals surface area contributed by atoms with Crippen molar-refractivity contribution in [3.8, 4) is 0 Å². The summed E-state index contributed by atoms with van der Waals surface area (Å²) in [5.41, 5.74) is 0.246. The first-order valence-corrected chi connectivity index (χ1v) is 7.02. The van der Waals surface area contributed by atoms with Gasteiger partial charge in [0.2, 0.25) is 0 Å². The van der Waals surface area contributed by atoms with Crippen LogP contribution in [0.25, 0.3) is 0 Å².